The van der Waals surface area contributed by atoms with Crippen molar-refractivity contribution >= 4 is 11.9 Å². The molecule has 0 bridgehead atoms. The van der Waals surface area contributed by atoms with Crippen molar-refractivity contribution in [3.8, 4) is 0 Å². The minimum Gasteiger partial charge on any atom is -0.479 e. The van der Waals surface area contributed by atoms with Crippen LogP contribution in [0.2, 0.25) is 0 Å². The average Bonchev–Trinajstić information content (AvgIpc) is 2.54. The van der Waals surface area contributed by atoms with Crippen LogP contribution >= 0.6 is 0 Å². The first kappa shape index (κ1) is 18.3. The summed E-state index contributed by atoms with van der Waals surface area (Å²) in [6, 6.07) is 5.16. The van der Waals surface area contributed by atoms with Gasteiger partial charge in [0.15, 0.2) is 6.10 Å². The van der Waals surface area contributed by atoms with Crippen LogP contribution in [0.3, 0.4) is 0 Å². The van der Waals surface area contributed by atoms with Gasteiger partial charge in [-0.3, -0.25) is 4.79 Å². The van der Waals surface area contributed by atoms with Gasteiger partial charge in [0.05, 0.1) is 18.7 Å². The predicted octanol–water partition coefficient (Wildman–Crippen LogP) is 2.51. The molecule has 2 atom stereocenters. The molecular formula is C16H18F3NO4. The van der Waals surface area contributed by atoms with Gasteiger partial charge in [0.25, 0.3) is 0 Å². The van der Waals surface area contributed by atoms with Crippen molar-refractivity contribution in [1.29, 1.82) is 0 Å². The lowest BCUT2D eigenvalue weighted by molar-refractivity contribution is -0.159. The first-order chi connectivity index (χ1) is 11.2. The number of alkyl halides is 3. The number of aliphatic carboxylic acids is 1. The number of hydrogen-bond donors (Lipinski definition) is 1. The molecule has 1 amide bonds. The summed E-state index contributed by atoms with van der Waals surface area (Å²) < 4.78 is 44.2. The number of carboxylic acids is 1. The van der Waals surface area contributed by atoms with Gasteiger partial charge < -0.3 is 14.7 Å². The van der Waals surface area contributed by atoms with Gasteiger partial charge in [-0.25, -0.2) is 4.79 Å². The second-order valence-electron chi connectivity index (χ2n) is 5.73. The Morgan fingerprint density at radius 2 is 2.04 bits per heavy atom. The third kappa shape index (κ3) is 4.25. The predicted molar refractivity (Wildman–Crippen MR) is 78.4 cm³/mol. The van der Waals surface area contributed by atoms with E-state index >= 15 is 0 Å². The van der Waals surface area contributed by atoms with E-state index in [1.54, 1.807) is 6.92 Å². The molecule has 24 heavy (non-hydrogen) atoms. The molecule has 132 valence electrons. The van der Waals surface area contributed by atoms with E-state index in [1.807, 2.05) is 0 Å². The molecule has 1 aromatic rings. The van der Waals surface area contributed by atoms with Gasteiger partial charge in [-0.2, -0.15) is 13.2 Å². The van der Waals surface area contributed by atoms with Gasteiger partial charge in [-0.1, -0.05) is 25.1 Å². The van der Waals surface area contributed by atoms with E-state index in [2.05, 4.69) is 0 Å². The Morgan fingerprint density at radius 3 is 2.67 bits per heavy atom. The monoisotopic (exact) mass is 345 g/mol. The largest absolute Gasteiger partial charge is 0.479 e. The van der Waals surface area contributed by atoms with Crippen molar-refractivity contribution < 1.29 is 32.6 Å². The number of nitrogens with zero attached hydrogens (tertiary/aromatic N) is 1. The molecule has 0 radical (unpaired) electrons. The highest BCUT2D eigenvalue weighted by molar-refractivity contribution is 5.79. The Bertz CT molecular complexity index is 618. The third-order valence-electron chi connectivity index (χ3n) is 3.97. The van der Waals surface area contributed by atoms with Gasteiger partial charge in [0.1, 0.15) is 0 Å². The highest BCUT2D eigenvalue weighted by Crippen LogP contribution is 2.36. The third-order valence-corrected chi connectivity index (χ3v) is 3.97. The lowest BCUT2D eigenvalue weighted by Gasteiger charge is -2.31. The Labute approximate surface area is 137 Å². The Hall–Kier alpha value is -2.09. The Kier molecular flexibility index (Phi) is 5.48. The van der Waals surface area contributed by atoms with Crippen molar-refractivity contribution in [2.45, 2.75) is 31.5 Å². The van der Waals surface area contributed by atoms with Gasteiger partial charge >= 0.3 is 12.1 Å². The Balaban J connectivity index is 2.08. The smallest absolute Gasteiger partial charge is 0.416 e. The van der Waals surface area contributed by atoms with E-state index in [0.717, 1.165) is 6.07 Å². The molecule has 2 rings (SSSR count). The molecule has 0 spiro atoms. The first-order valence-electron chi connectivity index (χ1n) is 7.48. The molecule has 0 aliphatic carbocycles. The molecule has 1 fully saturated rings. The number of hydrogen-bond acceptors (Lipinski definition) is 3. The summed E-state index contributed by atoms with van der Waals surface area (Å²) in [4.78, 5) is 24.6. The molecule has 0 aromatic heterocycles. The van der Waals surface area contributed by atoms with E-state index in [1.165, 1.54) is 23.1 Å². The molecule has 1 aliphatic rings. The maximum Gasteiger partial charge on any atom is 0.416 e. The summed E-state index contributed by atoms with van der Waals surface area (Å²) in [6.45, 7) is 1.78. The molecule has 8 heteroatoms. The van der Waals surface area contributed by atoms with Crippen molar-refractivity contribution in [2.24, 2.45) is 0 Å². The number of benzene rings is 1. The molecule has 1 heterocycles. The molecule has 1 aliphatic heterocycles. The zero-order valence-corrected chi connectivity index (χ0v) is 13.0. The van der Waals surface area contributed by atoms with Crippen molar-refractivity contribution in [2.75, 3.05) is 19.7 Å². The van der Waals surface area contributed by atoms with Crippen LogP contribution in [0, 0.1) is 0 Å². The molecule has 0 saturated carbocycles. The second-order valence-corrected chi connectivity index (χ2v) is 5.73. The Morgan fingerprint density at radius 1 is 1.38 bits per heavy atom. The van der Waals surface area contributed by atoms with Crippen molar-refractivity contribution in [3.05, 3.63) is 35.4 Å². The minimum atomic E-state index is -4.48. The van der Waals surface area contributed by atoms with Crippen LogP contribution in [0.4, 0.5) is 13.2 Å². The fraction of sp³-hybridized carbons (Fsp3) is 0.500. The van der Waals surface area contributed by atoms with Gasteiger partial charge in [0, 0.05) is 13.0 Å². The van der Waals surface area contributed by atoms with Crippen LogP contribution in [0.25, 0.3) is 0 Å². The fourth-order valence-electron chi connectivity index (χ4n) is 2.71. The molecule has 1 N–H and O–H groups in total. The zero-order valence-electron chi connectivity index (χ0n) is 13.0. The maximum absolute atomic E-state index is 13.1. The zero-order chi connectivity index (χ0) is 17.9. The highest BCUT2D eigenvalue weighted by Gasteiger charge is 2.35. The van der Waals surface area contributed by atoms with Crippen LogP contribution in [-0.4, -0.2) is 47.7 Å². The molecular weight excluding hydrogens is 327 g/mol. The summed E-state index contributed by atoms with van der Waals surface area (Å²) in [5.41, 5.74) is -0.697. The van der Waals surface area contributed by atoms with Crippen LogP contribution < -0.4 is 0 Å². The number of carbonyl (C=O) groups excluding carboxylic acids is 1. The van der Waals surface area contributed by atoms with E-state index in [4.69, 9.17) is 9.84 Å². The normalized spacial score (nSPS) is 19.8. The first-order valence-corrected chi connectivity index (χ1v) is 7.48. The maximum atomic E-state index is 13.1. The number of rotatable bonds is 4. The fourth-order valence-corrected chi connectivity index (χ4v) is 2.71. The van der Waals surface area contributed by atoms with Crippen LogP contribution in [0.5, 0.6) is 0 Å². The average molecular weight is 345 g/mol. The number of amides is 1. The van der Waals surface area contributed by atoms with E-state index in [9.17, 15) is 22.8 Å². The quantitative estimate of drug-likeness (QED) is 0.911. The standard InChI is InChI=1S/C16H18F3NO4/c1-10(11-4-2-3-5-12(11)16(17,18)19)8-14(21)20-6-7-24-13(9-20)15(22)23/h2-5,10,13H,6-9H2,1H3,(H,22,23)/t10-,13+/m0/s1. The summed E-state index contributed by atoms with van der Waals surface area (Å²) in [5, 5.41) is 8.94. The molecule has 1 saturated heterocycles. The van der Waals surface area contributed by atoms with E-state index in [0.29, 0.717) is 0 Å². The molecule has 5 nitrogen and oxygen atoms in total. The van der Waals surface area contributed by atoms with Crippen molar-refractivity contribution in [3.63, 3.8) is 0 Å². The highest BCUT2D eigenvalue weighted by atomic mass is 19.4. The van der Waals surface area contributed by atoms with Crippen molar-refractivity contribution in [1.82, 2.24) is 4.90 Å². The van der Waals surface area contributed by atoms with Gasteiger partial charge in [-0.05, 0) is 17.5 Å². The molecule has 0 unspecified atom stereocenters. The van der Waals surface area contributed by atoms with Crippen LogP contribution in [0.15, 0.2) is 24.3 Å². The summed E-state index contributed by atoms with van der Waals surface area (Å²) in [7, 11) is 0. The summed E-state index contributed by atoms with van der Waals surface area (Å²) in [6.07, 6.45) is -5.71. The van der Waals surface area contributed by atoms with Gasteiger partial charge in [-0.15, -0.1) is 0 Å². The SMILES string of the molecule is C[C@@H](CC(=O)N1CCO[C@@H](C(=O)O)C1)c1ccccc1C(F)(F)F. The van der Waals surface area contributed by atoms with Crippen LogP contribution in [0.1, 0.15) is 30.4 Å². The lowest BCUT2D eigenvalue weighted by atomic mass is 9.92. The summed E-state index contributed by atoms with van der Waals surface area (Å²) in [5.74, 6) is -2.18. The number of morpholine rings is 1. The second kappa shape index (κ2) is 7.21. The number of carbonyl (C=O) groups is 2. The minimum absolute atomic E-state index is 0.0568. The van der Waals surface area contributed by atoms with E-state index in [-0.39, 0.29) is 37.6 Å². The van der Waals surface area contributed by atoms with E-state index < -0.39 is 29.7 Å². The lowest BCUT2D eigenvalue weighted by Crippen LogP contribution is -2.48. The summed E-state index contributed by atoms with van der Waals surface area (Å²) >= 11 is 0. The topological polar surface area (TPSA) is 66.8 Å². The molecule has 1 aromatic carbocycles. The number of carboxylic acid groups (broad SMARTS) is 1. The number of halogens is 3. The van der Waals surface area contributed by atoms with Crippen LogP contribution in [-0.2, 0) is 20.5 Å². The van der Waals surface area contributed by atoms with Gasteiger partial charge in [0.2, 0.25) is 5.91 Å². The number of ether oxygens (including phenoxy) is 1.